The third-order valence-corrected chi connectivity index (χ3v) is 6.13. The smallest absolute Gasteiger partial charge is 0.237 e. The molecule has 28 heavy (non-hydrogen) atoms. The van der Waals surface area contributed by atoms with E-state index in [4.69, 9.17) is 0 Å². The van der Waals surface area contributed by atoms with Gasteiger partial charge in [0.2, 0.25) is 11.0 Å². The molecule has 2 aromatic carbocycles. The molecule has 5 nitrogen and oxygen atoms in total. The quantitative estimate of drug-likeness (QED) is 0.524. The molecule has 1 amide bonds. The van der Waals surface area contributed by atoms with Gasteiger partial charge in [-0.3, -0.25) is 4.79 Å². The van der Waals surface area contributed by atoms with Crippen molar-refractivity contribution in [3.63, 3.8) is 0 Å². The van der Waals surface area contributed by atoms with Gasteiger partial charge in [0.25, 0.3) is 0 Å². The third-order valence-electron chi connectivity index (χ3n) is 4.17. The van der Waals surface area contributed by atoms with Crippen LogP contribution in [0.15, 0.2) is 52.9 Å². The van der Waals surface area contributed by atoms with Gasteiger partial charge < -0.3 is 10.2 Å². The topological polar surface area (TPSA) is 58.1 Å². The Hall–Kier alpha value is -2.38. The summed E-state index contributed by atoms with van der Waals surface area (Å²) in [6.45, 7) is 8.18. The molecule has 0 aliphatic rings. The van der Waals surface area contributed by atoms with Crippen LogP contribution in [0.5, 0.6) is 0 Å². The molecule has 146 valence electrons. The zero-order valence-electron chi connectivity index (χ0n) is 16.5. The standard InChI is InChI=1S/C21H24N4OS2/c1-14(2)25(17-8-6-5-7-9-17)19(26)13-27-21-24-23-20(28-21)22-18-11-10-15(3)12-16(18)4/h5-12,14H,13H2,1-4H3,(H,22,23). The molecule has 3 aromatic rings. The van der Waals surface area contributed by atoms with E-state index in [2.05, 4.69) is 41.5 Å². The minimum absolute atomic E-state index is 0.0605. The van der Waals surface area contributed by atoms with E-state index in [-0.39, 0.29) is 11.9 Å². The van der Waals surface area contributed by atoms with Gasteiger partial charge in [-0.1, -0.05) is 59.0 Å². The van der Waals surface area contributed by atoms with Crippen molar-refractivity contribution in [2.45, 2.75) is 38.1 Å². The van der Waals surface area contributed by atoms with Crippen molar-refractivity contribution < 1.29 is 4.79 Å². The average molecular weight is 413 g/mol. The SMILES string of the molecule is Cc1ccc(Nc2nnc(SCC(=O)N(c3ccccc3)C(C)C)s2)c(C)c1. The zero-order valence-corrected chi connectivity index (χ0v) is 18.1. The molecule has 0 spiro atoms. The molecule has 0 radical (unpaired) electrons. The molecule has 0 fully saturated rings. The maximum atomic E-state index is 12.8. The largest absolute Gasteiger partial charge is 0.330 e. The van der Waals surface area contributed by atoms with Crippen LogP contribution in [-0.4, -0.2) is 27.9 Å². The van der Waals surface area contributed by atoms with Crippen LogP contribution in [0.2, 0.25) is 0 Å². The Labute approximate surface area is 174 Å². The lowest BCUT2D eigenvalue weighted by Crippen LogP contribution is -2.38. The number of aromatic nitrogens is 2. The first-order chi connectivity index (χ1) is 13.4. The third kappa shape index (κ3) is 5.11. The van der Waals surface area contributed by atoms with E-state index in [9.17, 15) is 4.79 Å². The summed E-state index contributed by atoms with van der Waals surface area (Å²) in [5, 5.41) is 12.4. The molecule has 0 bridgehead atoms. The first-order valence-corrected chi connectivity index (χ1v) is 10.9. The highest BCUT2D eigenvalue weighted by atomic mass is 32.2. The number of carbonyl (C=O) groups excluding carboxylic acids is 1. The van der Waals surface area contributed by atoms with Crippen molar-refractivity contribution in [1.29, 1.82) is 0 Å². The van der Waals surface area contributed by atoms with E-state index in [1.165, 1.54) is 28.7 Å². The van der Waals surface area contributed by atoms with E-state index >= 15 is 0 Å². The fraction of sp³-hybridized carbons (Fsp3) is 0.286. The lowest BCUT2D eigenvalue weighted by atomic mass is 10.1. The van der Waals surface area contributed by atoms with Crippen LogP contribution in [-0.2, 0) is 4.79 Å². The Morgan fingerprint density at radius 2 is 1.89 bits per heavy atom. The molecule has 0 atom stereocenters. The van der Waals surface area contributed by atoms with Crippen LogP contribution in [0.25, 0.3) is 0 Å². The first kappa shape index (κ1) is 20.4. The Morgan fingerprint density at radius 3 is 2.57 bits per heavy atom. The molecule has 1 heterocycles. The summed E-state index contributed by atoms with van der Waals surface area (Å²) in [5.74, 6) is 0.385. The fourth-order valence-corrected chi connectivity index (χ4v) is 4.52. The number of hydrogen-bond acceptors (Lipinski definition) is 6. The minimum Gasteiger partial charge on any atom is -0.330 e. The second kappa shape index (κ2) is 9.21. The van der Waals surface area contributed by atoms with Crippen LogP contribution in [0.3, 0.4) is 0 Å². The number of carbonyl (C=O) groups is 1. The van der Waals surface area contributed by atoms with Crippen molar-refractivity contribution in [3.05, 3.63) is 59.7 Å². The minimum atomic E-state index is 0.0605. The Balaban J connectivity index is 1.62. The number of anilines is 3. The van der Waals surface area contributed by atoms with Crippen LogP contribution in [0.1, 0.15) is 25.0 Å². The fourth-order valence-electron chi connectivity index (χ4n) is 2.90. The molecule has 1 aromatic heterocycles. The van der Waals surface area contributed by atoms with Crippen molar-refractivity contribution in [3.8, 4) is 0 Å². The van der Waals surface area contributed by atoms with E-state index in [0.717, 1.165) is 26.4 Å². The highest BCUT2D eigenvalue weighted by molar-refractivity contribution is 8.01. The van der Waals surface area contributed by atoms with E-state index in [1.54, 1.807) is 0 Å². The molecular formula is C21H24N4OS2. The first-order valence-electron chi connectivity index (χ1n) is 9.11. The number of aryl methyl sites for hydroxylation is 2. The summed E-state index contributed by atoms with van der Waals surface area (Å²) >= 11 is 2.88. The number of para-hydroxylation sites is 1. The monoisotopic (exact) mass is 412 g/mol. The van der Waals surface area contributed by atoms with Gasteiger partial charge in [0.1, 0.15) is 0 Å². The molecule has 1 N–H and O–H groups in total. The number of rotatable bonds is 7. The lowest BCUT2D eigenvalue weighted by molar-refractivity contribution is -0.116. The van der Waals surface area contributed by atoms with Gasteiger partial charge in [-0.05, 0) is 51.5 Å². The number of nitrogens with one attached hydrogen (secondary N) is 1. The Morgan fingerprint density at radius 1 is 1.14 bits per heavy atom. The second-order valence-corrected chi connectivity index (χ2v) is 9.00. The highest BCUT2D eigenvalue weighted by Gasteiger charge is 2.19. The summed E-state index contributed by atoms with van der Waals surface area (Å²) in [6.07, 6.45) is 0. The number of thioether (sulfide) groups is 1. The van der Waals surface area contributed by atoms with Crippen molar-refractivity contribution >= 4 is 45.5 Å². The molecule has 0 unspecified atom stereocenters. The summed E-state index contributed by atoms with van der Waals surface area (Å²) < 4.78 is 0.775. The van der Waals surface area contributed by atoms with Gasteiger partial charge in [-0.15, -0.1) is 10.2 Å². The van der Waals surface area contributed by atoms with Crippen molar-refractivity contribution in [2.24, 2.45) is 0 Å². The molecule has 3 rings (SSSR count). The van der Waals surface area contributed by atoms with Crippen molar-refractivity contribution in [1.82, 2.24) is 10.2 Å². The van der Waals surface area contributed by atoms with Gasteiger partial charge in [0, 0.05) is 17.4 Å². The van der Waals surface area contributed by atoms with Crippen LogP contribution >= 0.6 is 23.1 Å². The summed E-state index contributed by atoms with van der Waals surface area (Å²) in [7, 11) is 0. The van der Waals surface area contributed by atoms with Gasteiger partial charge in [-0.2, -0.15) is 0 Å². The predicted molar refractivity (Wildman–Crippen MR) is 119 cm³/mol. The van der Waals surface area contributed by atoms with E-state index in [1.807, 2.05) is 55.1 Å². The van der Waals surface area contributed by atoms with Crippen LogP contribution < -0.4 is 10.2 Å². The summed E-state index contributed by atoms with van der Waals surface area (Å²) in [5.41, 5.74) is 4.32. The highest BCUT2D eigenvalue weighted by Crippen LogP contribution is 2.29. The maximum absolute atomic E-state index is 12.8. The molecule has 0 saturated carbocycles. The maximum Gasteiger partial charge on any atom is 0.237 e. The molecule has 0 saturated heterocycles. The summed E-state index contributed by atoms with van der Waals surface area (Å²) in [6, 6.07) is 16.1. The van der Waals surface area contributed by atoms with Gasteiger partial charge >= 0.3 is 0 Å². The lowest BCUT2D eigenvalue weighted by Gasteiger charge is -2.26. The molecule has 7 heteroatoms. The summed E-state index contributed by atoms with van der Waals surface area (Å²) in [4.78, 5) is 14.6. The second-order valence-electron chi connectivity index (χ2n) is 6.80. The predicted octanol–water partition coefficient (Wildman–Crippen LogP) is 5.43. The van der Waals surface area contributed by atoms with Crippen LogP contribution in [0.4, 0.5) is 16.5 Å². The Kier molecular flexibility index (Phi) is 6.70. The van der Waals surface area contributed by atoms with Gasteiger partial charge in [0.15, 0.2) is 4.34 Å². The normalized spacial score (nSPS) is 10.9. The Bertz CT molecular complexity index is 941. The number of nitrogens with zero attached hydrogens (tertiary/aromatic N) is 3. The molecular weight excluding hydrogens is 388 g/mol. The number of benzene rings is 2. The van der Waals surface area contributed by atoms with Crippen LogP contribution in [0, 0.1) is 13.8 Å². The van der Waals surface area contributed by atoms with E-state index in [0.29, 0.717) is 5.75 Å². The zero-order chi connectivity index (χ0) is 20.1. The van der Waals surface area contributed by atoms with Gasteiger partial charge in [-0.25, -0.2) is 0 Å². The number of hydrogen-bond donors (Lipinski definition) is 1. The average Bonchev–Trinajstić information content (AvgIpc) is 3.11. The molecule has 0 aliphatic carbocycles. The van der Waals surface area contributed by atoms with Gasteiger partial charge in [0.05, 0.1) is 5.75 Å². The van der Waals surface area contributed by atoms with E-state index < -0.39 is 0 Å². The van der Waals surface area contributed by atoms with Crippen molar-refractivity contribution in [2.75, 3.05) is 16.0 Å². The molecule has 0 aliphatic heterocycles. The number of amides is 1.